The molecule has 0 bridgehead atoms. The molecule has 1 saturated heterocycles. The molecule has 1 aliphatic rings. The van der Waals surface area contributed by atoms with Crippen molar-refractivity contribution in [3.63, 3.8) is 0 Å². The standard InChI is InChI=1S/C23H30ClN3O4/c1-27-10-4-5-18(27)14-25-13-16-6-9-20(22(11-16)30-3)31-15-23(28)26-19-8-7-17(24)12-21(19)29-2/h6-9,11-12,18,25H,4-5,10,13-15H2,1-3H3,(H,26,28). The summed E-state index contributed by atoms with van der Waals surface area (Å²) < 4.78 is 16.4. The zero-order chi connectivity index (χ0) is 22.2. The smallest absolute Gasteiger partial charge is 0.262 e. The molecule has 0 aromatic heterocycles. The highest BCUT2D eigenvalue weighted by molar-refractivity contribution is 6.30. The van der Waals surface area contributed by atoms with E-state index in [-0.39, 0.29) is 12.5 Å². The predicted octanol–water partition coefficient (Wildman–Crippen LogP) is 3.56. The zero-order valence-corrected chi connectivity index (χ0v) is 19.0. The SMILES string of the molecule is COc1cc(Cl)ccc1NC(=O)COc1ccc(CNCC2CCCN2C)cc1OC. The van der Waals surface area contributed by atoms with Crippen LogP contribution in [0, 0.1) is 0 Å². The fourth-order valence-corrected chi connectivity index (χ4v) is 3.82. The van der Waals surface area contributed by atoms with E-state index in [1.54, 1.807) is 25.3 Å². The van der Waals surface area contributed by atoms with Gasteiger partial charge in [0.05, 0.1) is 19.9 Å². The van der Waals surface area contributed by atoms with Crippen LogP contribution in [0.3, 0.4) is 0 Å². The van der Waals surface area contributed by atoms with Crippen molar-refractivity contribution in [3.05, 3.63) is 47.0 Å². The van der Waals surface area contributed by atoms with Crippen molar-refractivity contribution < 1.29 is 19.0 Å². The van der Waals surface area contributed by atoms with Crippen molar-refractivity contribution >= 4 is 23.2 Å². The van der Waals surface area contributed by atoms with Gasteiger partial charge in [0.1, 0.15) is 5.75 Å². The van der Waals surface area contributed by atoms with Crippen molar-refractivity contribution in [1.82, 2.24) is 10.2 Å². The lowest BCUT2D eigenvalue weighted by Gasteiger charge is -2.20. The molecule has 2 aromatic rings. The summed E-state index contributed by atoms with van der Waals surface area (Å²) in [5.41, 5.74) is 1.63. The normalized spacial score (nSPS) is 16.2. The highest BCUT2D eigenvalue weighted by Crippen LogP contribution is 2.29. The van der Waals surface area contributed by atoms with Crippen LogP contribution in [0.15, 0.2) is 36.4 Å². The van der Waals surface area contributed by atoms with E-state index in [1.807, 2.05) is 18.2 Å². The molecular weight excluding hydrogens is 418 g/mol. The number of nitrogens with zero attached hydrogens (tertiary/aromatic N) is 1. The Balaban J connectivity index is 1.52. The first-order valence-electron chi connectivity index (χ1n) is 10.3. The number of likely N-dealkylation sites (tertiary alicyclic amines) is 1. The molecule has 0 aliphatic carbocycles. The van der Waals surface area contributed by atoms with E-state index in [2.05, 4.69) is 22.6 Å². The minimum atomic E-state index is -0.311. The molecular formula is C23H30ClN3O4. The Morgan fingerprint density at radius 2 is 1.94 bits per heavy atom. The van der Waals surface area contributed by atoms with E-state index in [9.17, 15) is 4.79 Å². The summed E-state index contributed by atoms with van der Waals surface area (Å²) in [6.07, 6.45) is 2.50. The molecule has 0 saturated carbocycles. The molecule has 3 rings (SSSR count). The third-order valence-corrected chi connectivity index (χ3v) is 5.64. The van der Waals surface area contributed by atoms with Crippen LogP contribution >= 0.6 is 11.6 Å². The maximum Gasteiger partial charge on any atom is 0.262 e. The predicted molar refractivity (Wildman–Crippen MR) is 122 cm³/mol. The fourth-order valence-electron chi connectivity index (χ4n) is 3.66. The lowest BCUT2D eigenvalue weighted by molar-refractivity contribution is -0.118. The van der Waals surface area contributed by atoms with Gasteiger partial charge in [0.15, 0.2) is 18.1 Å². The second kappa shape index (κ2) is 11.2. The molecule has 31 heavy (non-hydrogen) atoms. The van der Waals surface area contributed by atoms with Crippen molar-refractivity contribution in [3.8, 4) is 17.2 Å². The van der Waals surface area contributed by atoms with E-state index in [0.29, 0.717) is 34.0 Å². The van der Waals surface area contributed by atoms with Crippen LogP contribution in [0.5, 0.6) is 17.2 Å². The molecule has 2 aromatic carbocycles. The number of carbonyl (C=O) groups is 1. The average Bonchev–Trinajstić information content (AvgIpc) is 3.18. The molecule has 7 nitrogen and oxygen atoms in total. The number of hydrogen-bond acceptors (Lipinski definition) is 6. The van der Waals surface area contributed by atoms with Gasteiger partial charge in [-0.1, -0.05) is 17.7 Å². The number of anilines is 1. The quantitative estimate of drug-likeness (QED) is 0.580. The second-order valence-corrected chi connectivity index (χ2v) is 8.01. The van der Waals surface area contributed by atoms with Gasteiger partial charge in [0, 0.05) is 30.2 Å². The maximum atomic E-state index is 12.3. The highest BCUT2D eigenvalue weighted by atomic mass is 35.5. The van der Waals surface area contributed by atoms with E-state index in [0.717, 1.165) is 18.7 Å². The maximum absolute atomic E-state index is 12.3. The average molecular weight is 448 g/mol. The highest BCUT2D eigenvalue weighted by Gasteiger charge is 2.20. The molecule has 1 aliphatic heterocycles. The minimum Gasteiger partial charge on any atom is -0.495 e. The Kier molecular flexibility index (Phi) is 8.40. The first kappa shape index (κ1) is 23.2. The van der Waals surface area contributed by atoms with Crippen LogP contribution in [-0.4, -0.2) is 57.8 Å². The third kappa shape index (κ3) is 6.50. The fraction of sp³-hybridized carbons (Fsp3) is 0.435. The van der Waals surface area contributed by atoms with Crippen molar-refractivity contribution in [1.29, 1.82) is 0 Å². The number of nitrogens with one attached hydrogen (secondary N) is 2. The number of halogens is 1. The number of benzene rings is 2. The summed E-state index contributed by atoms with van der Waals surface area (Å²) >= 11 is 5.95. The molecule has 1 unspecified atom stereocenters. The van der Waals surface area contributed by atoms with Gasteiger partial charge in [0.25, 0.3) is 5.91 Å². The molecule has 1 atom stereocenters. The molecule has 1 heterocycles. The number of methoxy groups -OCH3 is 2. The van der Waals surface area contributed by atoms with Gasteiger partial charge in [0.2, 0.25) is 0 Å². The molecule has 168 valence electrons. The monoisotopic (exact) mass is 447 g/mol. The molecule has 2 N–H and O–H groups in total. The van der Waals surface area contributed by atoms with E-state index < -0.39 is 0 Å². The number of carbonyl (C=O) groups excluding carboxylic acids is 1. The summed E-state index contributed by atoms with van der Waals surface area (Å²) in [4.78, 5) is 14.7. The summed E-state index contributed by atoms with van der Waals surface area (Å²) in [5.74, 6) is 1.28. The van der Waals surface area contributed by atoms with Crippen LogP contribution in [0.25, 0.3) is 0 Å². The van der Waals surface area contributed by atoms with Crippen LogP contribution < -0.4 is 24.8 Å². The van der Waals surface area contributed by atoms with Crippen molar-refractivity contribution in [2.45, 2.75) is 25.4 Å². The third-order valence-electron chi connectivity index (χ3n) is 5.41. The zero-order valence-electron chi connectivity index (χ0n) is 18.2. The summed E-state index contributed by atoms with van der Waals surface area (Å²) in [5, 5.41) is 6.81. The largest absolute Gasteiger partial charge is 0.495 e. The van der Waals surface area contributed by atoms with Crippen LogP contribution in [0.4, 0.5) is 5.69 Å². The second-order valence-electron chi connectivity index (χ2n) is 7.57. The summed E-state index contributed by atoms with van der Waals surface area (Å²) in [6.45, 7) is 2.72. The Morgan fingerprint density at radius 3 is 2.65 bits per heavy atom. The van der Waals surface area contributed by atoms with Crippen LogP contribution in [0.1, 0.15) is 18.4 Å². The number of ether oxygens (including phenoxy) is 3. The van der Waals surface area contributed by atoms with Gasteiger partial charge in [-0.2, -0.15) is 0 Å². The van der Waals surface area contributed by atoms with Crippen LogP contribution in [0.2, 0.25) is 5.02 Å². The molecule has 0 radical (unpaired) electrons. The lowest BCUT2D eigenvalue weighted by Crippen LogP contribution is -2.35. The summed E-state index contributed by atoms with van der Waals surface area (Å²) in [7, 11) is 5.28. The molecule has 1 fully saturated rings. The van der Waals surface area contributed by atoms with Crippen molar-refractivity contribution in [2.75, 3.05) is 46.3 Å². The minimum absolute atomic E-state index is 0.159. The van der Waals surface area contributed by atoms with Gasteiger partial charge in [-0.05, 0) is 56.3 Å². The van der Waals surface area contributed by atoms with Gasteiger partial charge in [-0.25, -0.2) is 0 Å². The molecule has 8 heteroatoms. The van der Waals surface area contributed by atoms with Gasteiger partial charge in [-0.15, -0.1) is 0 Å². The Bertz CT molecular complexity index is 893. The van der Waals surface area contributed by atoms with E-state index in [1.165, 1.54) is 26.5 Å². The van der Waals surface area contributed by atoms with Gasteiger partial charge >= 0.3 is 0 Å². The number of hydrogen-bond donors (Lipinski definition) is 2. The van der Waals surface area contributed by atoms with E-state index >= 15 is 0 Å². The van der Waals surface area contributed by atoms with Crippen LogP contribution in [-0.2, 0) is 11.3 Å². The number of likely N-dealkylation sites (N-methyl/N-ethyl adjacent to an activating group) is 1. The number of rotatable bonds is 10. The molecule has 0 spiro atoms. The van der Waals surface area contributed by atoms with Gasteiger partial charge < -0.3 is 29.7 Å². The van der Waals surface area contributed by atoms with E-state index in [4.69, 9.17) is 25.8 Å². The Morgan fingerprint density at radius 1 is 1.13 bits per heavy atom. The van der Waals surface area contributed by atoms with Gasteiger partial charge in [-0.3, -0.25) is 4.79 Å². The first-order chi connectivity index (χ1) is 15.0. The summed E-state index contributed by atoms with van der Waals surface area (Å²) in [6, 6.07) is 11.3. The molecule has 1 amide bonds. The lowest BCUT2D eigenvalue weighted by atomic mass is 10.2. The topological polar surface area (TPSA) is 72.1 Å². The Labute approximate surface area is 188 Å². The Hall–Kier alpha value is -2.48. The number of amides is 1. The first-order valence-corrected chi connectivity index (χ1v) is 10.7. The van der Waals surface area contributed by atoms with Crippen molar-refractivity contribution in [2.24, 2.45) is 0 Å².